The highest BCUT2D eigenvalue weighted by molar-refractivity contribution is 6.05. The van der Waals surface area contributed by atoms with E-state index in [9.17, 15) is 22.8 Å². The monoisotopic (exact) mass is 551 g/mol. The number of quaternary nitrogens is 1. The van der Waals surface area contributed by atoms with Crippen LogP contribution in [0.5, 0.6) is 0 Å². The van der Waals surface area contributed by atoms with Gasteiger partial charge in [0.25, 0.3) is 11.7 Å². The number of allylic oxidation sites excluding steroid dienone is 1. The van der Waals surface area contributed by atoms with Crippen LogP contribution in [0.1, 0.15) is 34.3 Å². The Kier molecular flexibility index (Phi) is 6.36. The molecule has 0 bridgehead atoms. The van der Waals surface area contributed by atoms with Crippen molar-refractivity contribution in [2.45, 2.75) is 25.1 Å². The Morgan fingerprint density at radius 2 is 1.98 bits per heavy atom. The normalized spacial score (nSPS) is 25.9. The summed E-state index contributed by atoms with van der Waals surface area (Å²) in [7, 11) is 0. The summed E-state index contributed by atoms with van der Waals surface area (Å²) in [6, 6.07) is 8.28. The van der Waals surface area contributed by atoms with Gasteiger partial charge in [0.2, 0.25) is 11.6 Å². The van der Waals surface area contributed by atoms with E-state index in [1.54, 1.807) is 42.9 Å². The summed E-state index contributed by atoms with van der Waals surface area (Å²) in [5, 5.41) is 5.58. The van der Waals surface area contributed by atoms with Crippen molar-refractivity contribution in [3.63, 3.8) is 0 Å². The number of aromatic nitrogens is 1. The second-order valence-corrected chi connectivity index (χ2v) is 10.1. The maximum Gasteiger partial charge on any atom is 0.416 e. The van der Waals surface area contributed by atoms with Gasteiger partial charge >= 0.3 is 6.18 Å². The van der Waals surface area contributed by atoms with E-state index in [0.29, 0.717) is 24.5 Å². The Morgan fingerprint density at radius 1 is 1.18 bits per heavy atom. The van der Waals surface area contributed by atoms with Crippen LogP contribution < -0.4 is 16.5 Å². The molecule has 10 nitrogen and oxygen atoms in total. The van der Waals surface area contributed by atoms with Gasteiger partial charge in [0, 0.05) is 36.8 Å². The number of nitrogens with one attached hydrogen (secondary N) is 2. The maximum absolute atomic E-state index is 13.0. The molecule has 3 atom stereocenters. The molecule has 2 fully saturated rings. The van der Waals surface area contributed by atoms with E-state index < -0.39 is 17.6 Å². The van der Waals surface area contributed by atoms with E-state index in [2.05, 4.69) is 20.6 Å². The first kappa shape index (κ1) is 26.0. The van der Waals surface area contributed by atoms with E-state index in [-0.39, 0.29) is 33.8 Å². The number of nitrogens with two attached hydrogens (primary N) is 1. The molecule has 5 heterocycles. The number of pyridine rings is 1. The minimum absolute atomic E-state index is 0.00480. The fraction of sp³-hybridized carbons (Fsp3) is 0.296. The quantitative estimate of drug-likeness (QED) is 0.398. The van der Waals surface area contributed by atoms with Gasteiger partial charge in [-0.05, 0) is 49.2 Å². The summed E-state index contributed by atoms with van der Waals surface area (Å²) in [4.78, 5) is 40.3. The number of amides is 2. The molecule has 4 aliphatic heterocycles. The molecule has 2 aromatic rings. The molecule has 0 saturated carbocycles. The van der Waals surface area contributed by atoms with Crippen molar-refractivity contribution in [1.29, 1.82) is 0 Å². The highest BCUT2D eigenvalue weighted by Crippen LogP contribution is 2.38. The van der Waals surface area contributed by atoms with E-state index in [0.717, 1.165) is 49.1 Å². The number of alkyl halides is 3. The summed E-state index contributed by atoms with van der Waals surface area (Å²) in [6.45, 7) is 1.67. The number of piperidine rings is 1. The van der Waals surface area contributed by atoms with Crippen LogP contribution in [0, 0.1) is 5.92 Å². The summed E-state index contributed by atoms with van der Waals surface area (Å²) in [5.74, 6) is 6.64. The van der Waals surface area contributed by atoms with E-state index in [4.69, 9.17) is 10.8 Å². The van der Waals surface area contributed by atoms with Crippen LogP contribution in [-0.4, -0.2) is 64.0 Å². The molecule has 4 N–H and O–H groups in total. The average molecular weight is 552 g/mol. The Hall–Kier alpha value is -4.20. The van der Waals surface area contributed by atoms with Gasteiger partial charge < -0.3 is 15.5 Å². The number of fused-ring (bicyclic) bond motifs is 2. The van der Waals surface area contributed by atoms with Crippen molar-refractivity contribution in [2.24, 2.45) is 21.7 Å². The average Bonchev–Trinajstić information content (AvgIpc) is 3.26. The fourth-order valence-electron chi connectivity index (χ4n) is 5.56. The number of rotatable bonds is 4. The number of nitrogens with zero attached hydrogens (tertiary/aromatic N) is 5. The van der Waals surface area contributed by atoms with E-state index in [1.807, 2.05) is 4.90 Å². The van der Waals surface area contributed by atoms with Crippen LogP contribution in [0.3, 0.4) is 0 Å². The predicted octanol–water partition coefficient (Wildman–Crippen LogP) is 2.78. The van der Waals surface area contributed by atoms with Gasteiger partial charge in [0.15, 0.2) is 0 Å². The molecule has 206 valence electrons. The molecule has 2 amide bonds. The molecule has 2 saturated heterocycles. The van der Waals surface area contributed by atoms with Crippen molar-refractivity contribution in [1.82, 2.24) is 15.2 Å². The van der Waals surface area contributed by atoms with Gasteiger partial charge in [-0.25, -0.2) is 4.98 Å². The Bertz CT molecular complexity index is 1500. The van der Waals surface area contributed by atoms with Crippen LogP contribution in [0.4, 0.5) is 19.0 Å². The molecule has 1 aromatic carbocycles. The van der Waals surface area contributed by atoms with Crippen LogP contribution in [0.25, 0.3) is 0 Å². The van der Waals surface area contributed by atoms with Crippen molar-refractivity contribution >= 4 is 29.7 Å². The number of carbonyl (C=O) groups excluding carboxylic acids is 2. The lowest BCUT2D eigenvalue weighted by atomic mass is 9.88. The molecule has 0 radical (unpaired) electrons. The van der Waals surface area contributed by atoms with E-state index >= 15 is 0 Å². The number of anilines is 1. The van der Waals surface area contributed by atoms with Crippen LogP contribution in [0.15, 0.2) is 76.4 Å². The molecule has 40 heavy (non-hydrogen) atoms. The second-order valence-electron chi connectivity index (χ2n) is 10.1. The summed E-state index contributed by atoms with van der Waals surface area (Å²) >= 11 is 0. The molecule has 1 aromatic heterocycles. The number of hydrogen-bond donors (Lipinski definition) is 3. The van der Waals surface area contributed by atoms with Crippen LogP contribution in [0.2, 0.25) is 0 Å². The van der Waals surface area contributed by atoms with Crippen molar-refractivity contribution in [2.75, 3.05) is 25.0 Å². The van der Waals surface area contributed by atoms with Gasteiger partial charge in [-0.15, -0.1) is 4.59 Å². The number of piperazine rings is 1. The number of halogens is 3. The molecule has 13 heteroatoms. The first-order chi connectivity index (χ1) is 19.1. The van der Waals surface area contributed by atoms with Gasteiger partial charge in [-0.2, -0.15) is 24.0 Å². The third-order valence-electron chi connectivity index (χ3n) is 7.63. The third kappa shape index (κ3) is 4.61. The van der Waals surface area contributed by atoms with E-state index in [1.165, 1.54) is 0 Å². The Balaban J connectivity index is 1.24. The van der Waals surface area contributed by atoms with Crippen LogP contribution in [-0.2, 0) is 11.0 Å². The van der Waals surface area contributed by atoms with Crippen molar-refractivity contribution in [3.05, 3.63) is 83.1 Å². The minimum atomic E-state index is -4.55. The first-order valence-corrected chi connectivity index (χ1v) is 12.8. The highest BCUT2D eigenvalue weighted by atomic mass is 19.4. The third-order valence-corrected chi connectivity index (χ3v) is 7.63. The molecule has 1 unspecified atom stereocenters. The van der Waals surface area contributed by atoms with Gasteiger partial charge in [0.1, 0.15) is 17.7 Å². The van der Waals surface area contributed by atoms with Crippen molar-refractivity contribution < 1.29 is 27.4 Å². The zero-order valence-electron chi connectivity index (χ0n) is 21.2. The Morgan fingerprint density at radius 3 is 2.75 bits per heavy atom. The molecule has 0 aliphatic carbocycles. The maximum atomic E-state index is 13.0. The number of benzene rings is 1. The number of hydrogen-bond acceptors (Lipinski definition) is 7. The highest BCUT2D eigenvalue weighted by Gasteiger charge is 2.47. The second kappa shape index (κ2) is 9.77. The number of amidine groups is 1. The fourth-order valence-corrected chi connectivity index (χ4v) is 5.56. The number of carbonyl (C=O) groups is 2. The lowest BCUT2D eigenvalue weighted by Gasteiger charge is -2.42. The topological polar surface area (TPSA) is 125 Å². The summed E-state index contributed by atoms with van der Waals surface area (Å²) in [6.07, 6.45) is 3.17. The SMILES string of the molecule is N[N+]12C=CN=CC1=C([C@H]1CC[C@H]3CNCC(=O)N3C1)N=C2c1ccc(C(=O)Nc2cc(C(F)(F)F)ccn2)cc1. The zero-order valence-corrected chi connectivity index (χ0v) is 21.2. The smallest absolute Gasteiger partial charge is 0.337 e. The van der Waals surface area contributed by atoms with Crippen LogP contribution >= 0.6 is 0 Å². The standard InChI is InChI=1S/C27H25F3N8O2/c28-27(29,30)19-7-8-34-22(11-19)35-26(40)17-3-1-16(2-4-17)25-36-24(21-13-32-9-10-38(21,25)31)18-5-6-20-12-33-14-23(39)37(20)15-18/h1-4,7-11,13,18,20,33H,5-6,12,14-15,31H2/p+1/t18-,20-,38?/m0/s1. The first-order valence-electron chi connectivity index (χ1n) is 12.8. The number of aliphatic imine (C=N–C) groups is 2. The minimum Gasteiger partial charge on any atom is -0.337 e. The van der Waals surface area contributed by atoms with Gasteiger partial charge in [-0.1, -0.05) is 0 Å². The van der Waals surface area contributed by atoms with Gasteiger partial charge in [0.05, 0.1) is 30.1 Å². The van der Waals surface area contributed by atoms with Gasteiger partial charge in [-0.3, -0.25) is 14.6 Å². The van der Waals surface area contributed by atoms with Crippen molar-refractivity contribution in [3.8, 4) is 0 Å². The lowest BCUT2D eigenvalue weighted by molar-refractivity contribution is -0.750. The molecule has 6 rings (SSSR count). The predicted molar refractivity (Wildman–Crippen MR) is 140 cm³/mol. The Labute approximate surface area is 227 Å². The zero-order chi connectivity index (χ0) is 28.1. The molecule has 4 aliphatic rings. The lowest BCUT2D eigenvalue weighted by Crippen LogP contribution is -2.58. The summed E-state index contributed by atoms with van der Waals surface area (Å²) in [5.41, 5.74) is 1.49. The molecular weight excluding hydrogens is 525 g/mol. The largest absolute Gasteiger partial charge is 0.416 e. The summed E-state index contributed by atoms with van der Waals surface area (Å²) < 4.78 is 38.8. The molecular formula is C27H26F3N8O2+. The molecule has 0 spiro atoms.